The molecule has 1 amide bonds. The molecule has 1 saturated heterocycles. The van der Waals surface area contributed by atoms with Crippen LogP contribution < -0.4 is 11.1 Å². The number of nitrogen functional groups attached to an aromatic ring is 1. The van der Waals surface area contributed by atoms with Gasteiger partial charge in [-0.2, -0.15) is 0 Å². The van der Waals surface area contributed by atoms with E-state index in [1.165, 1.54) is 17.8 Å². The van der Waals surface area contributed by atoms with Crippen molar-refractivity contribution in [3.8, 4) is 0 Å². The molecule has 5 nitrogen and oxygen atoms in total. The molecule has 0 aromatic carbocycles. The second-order valence-electron chi connectivity index (χ2n) is 5.53. The number of carbonyl (C=O) groups excluding carboxylic acids is 1. The van der Waals surface area contributed by atoms with Gasteiger partial charge < -0.3 is 16.0 Å². The fourth-order valence-corrected chi connectivity index (χ4v) is 4.04. The van der Waals surface area contributed by atoms with E-state index in [2.05, 4.69) is 10.3 Å². The maximum Gasteiger partial charge on any atom is 0.266 e. The summed E-state index contributed by atoms with van der Waals surface area (Å²) in [5.41, 5.74) is 6.76. The third-order valence-corrected chi connectivity index (χ3v) is 5.17. The molecule has 0 saturated carbocycles. The zero-order valence-electron chi connectivity index (χ0n) is 12.1. The summed E-state index contributed by atoms with van der Waals surface area (Å²) < 4.78 is 0.974. The number of rotatable bonds is 3. The lowest BCUT2D eigenvalue weighted by Gasteiger charge is -2.32. The van der Waals surface area contributed by atoms with Crippen LogP contribution in [0.5, 0.6) is 0 Å². The van der Waals surface area contributed by atoms with Gasteiger partial charge in [0.2, 0.25) is 0 Å². The van der Waals surface area contributed by atoms with Crippen LogP contribution in [0.3, 0.4) is 0 Å². The van der Waals surface area contributed by atoms with Crippen LogP contribution in [0, 0.1) is 5.92 Å². The Morgan fingerprint density at radius 1 is 1.62 bits per heavy atom. The molecule has 2 aromatic heterocycles. The van der Waals surface area contributed by atoms with E-state index in [1.807, 2.05) is 18.0 Å². The van der Waals surface area contributed by atoms with Crippen LogP contribution in [-0.2, 0) is 0 Å². The molecule has 0 spiro atoms. The van der Waals surface area contributed by atoms with Crippen LogP contribution in [0.1, 0.15) is 22.5 Å². The minimum Gasteiger partial charge on any atom is -0.397 e. The predicted molar refractivity (Wildman–Crippen MR) is 86.6 cm³/mol. The van der Waals surface area contributed by atoms with Gasteiger partial charge in [-0.1, -0.05) is 0 Å². The van der Waals surface area contributed by atoms with E-state index in [9.17, 15) is 4.79 Å². The van der Waals surface area contributed by atoms with Crippen molar-refractivity contribution in [2.45, 2.75) is 12.8 Å². The first-order chi connectivity index (χ1) is 10.2. The van der Waals surface area contributed by atoms with E-state index in [1.54, 1.807) is 12.4 Å². The molecule has 1 unspecified atom stereocenters. The average Bonchev–Trinajstić information content (AvgIpc) is 2.85. The maximum absolute atomic E-state index is 12.8. The van der Waals surface area contributed by atoms with Crippen LogP contribution in [0.4, 0.5) is 5.69 Å². The number of thiophene rings is 1. The van der Waals surface area contributed by atoms with Crippen LogP contribution in [0.2, 0.25) is 0 Å². The molecule has 1 fully saturated rings. The van der Waals surface area contributed by atoms with Crippen molar-refractivity contribution in [1.82, 2.24) is 15.2 Å². The van der Waals surface area contributed by atoms with Crippen LogP contribution in [-0.4, -0.2) is 42.5 Å². The largest absolute Gasteiger partial charge is 0.397 e. The SMILES string of the molecule is CNCC1CCCN(C(=O)c2sc3cnccc3c2N)C1. The Balaban J connectivity index is 1.84. The van der Waals surface area contributed by atoms with Crippen molar-refractivity contribution in [2.24, 2.45) is 5.92 Å². The Morgan fingerprint density at radius 3 is 3.24 bits per heavy atom. The number of amides is 1. The molecular formula is C15H20N4OS. The lowest BCUT2D eigenvalue weighted by atomic mass is 9.98. The van der Waals surface area contributed by atoms with Gasteiger partial charge in [0.1, 0.15) is 4.88 Å². The summed E-state index contributed by atoms with van der Waals surface area (Å²) in [5, 5.41) is 4.13. The molecule has 3 rings (SSSR count). The third-order valence-electron chi connectivity index (χ3n) is 4.02. The molecule has 112 valence electrons. The van der Waals surface area contributed by atoms with Gasteiger partial charge in [-0.25, -0.2) is 0 Å². The first-order valence-corrected chi connectivity index (χ1v) is 8.08. The van der Waals surface area contributed by atoms with Crippen molar-refractivity contribution in [1.29, 1.82) is 0 Å². The zero-order chi connectivity index (χ0) is 14.8. The van der Waals surface area contributed by atoms with Gasteiger partial charge in [0, 0.05) is 30.9 Å². The van der Waals surface area contributed by atoms with E-state index in [0.717, 1.165) is 36.1 Å². The number of likely N-dealkylation sites (tertiary alicyclic amines) is 1. The number of aromatic nitrogens is 1. The van der Waals surface area contributed by atoms with Crippen LogP contribution in [0.15, 0.2) is 18.5 Å². The highest BCUT2D eigenvalue weighted by atomic mass is 32.1. The predicted octanol–water partition coefficient (Wildman–Crippen LogP) is 1.95. The Hall–Kier alpha value is -1.66. The second kappa shape index (κ2) is 5.99. The molecular weight excluding hydrogens is 284 g/mol. The summed E-state index contributed by atoms with van der Waals surface area (Å²) in [6.07, 6.45) is 5.72. The molecule has 1 aliphatic heterocycles. The number of carbonyl (C=O) groups is 1. The molecule has 3 heterocycles. The Labute approximate surface area is 128 Å². The van der Waals surface area contributed by atoms with E-state index < -0.39 is 0 Å². The Bertz CT molecular complexity index is 652. The highest BCUT2D eigenvalue weighted by Gasteiger charge is 2.27. The van der Waals surface area contributed by atoms with E-state index in [-0.39, 0.29) is 5.91 Å². The summed E-state index contributed by atoms with van der Waals surface area (Å²) in [6, 6.07) is 1.87. The highest BCUT2D eigenvalue weighted by Crippen LogP contribution is 2.34. The number of fused-ring (bicyclic) bond motifs is 1. The summed E-state index contributed by atoms with van der Waals surface area (Å²) in [5.74, 6) is 0.597. The average molecular weight is 304 g/mol. The lowest BCUT2D eigenvalue weighted by molar-refractivity contribution is 0.0680. The molecule has 0 aliphatic carbocycles. The topological polar surface area (TPSA) is 71.2 Å². The number of nitrogens with two attached hydrogens (primary N) is 1. The van der Waals surface area contributed by atoms with Gasteiger partial charge >= 0.3 is 0 Å². The van der Waals surface area contributed by atoms with Crippen molar-refractivity contribution in [3.05, 3.63) is 23.3 Å². The van der Waals surface area contributed by atoms with Gasteiger partial charge in [0.25, 0.3) is 5.91 Å². The quantitative estimate of drug-likeness (QED) is 0.909. The van der Waals surface area contributed by atoms with E-state index in [0.29, 0.717) is 16.5 Å². The number of hydrogen-bond acceptors (Lipinski definition) is 5. The second-order valence-corrected chi connectivity index (χ2v) is 6.59. The molecule has 21 heavy (non-hydrogen) atoms. The standard InChI is InChI=1S/C15H20N4OS/c1-17-7-10-3-2-6-19(9-10)15(20)14-13(16)11-4-5-18-8-12(11)21-14/h4-5,8,10,17H,2-3,6-7,9,16H2,1H3. The Kier molecular flexibility index (Phi) is 4.07. The van der Waals surface area contributed by atoms with Gasteiger partial charge in [-0.3, -0.25) is 9.78 Å². The smallest absolute Gasteiger partial charge is 0.266 e. The minimum absolute atomic E-state index is 0.0644. The van der Waals surface area contributed by atoms with Crippen molar-refractivity contribution >= 4 is 33.0 Å². The number of nitrogens with one attached hydrogen (secondary N) is 1. The maximum atomic E-state index is 12.8. The number of nitrogens with zero attached hydrogens (tertiary/aromatic N) is 2. The fourth-order valence-electron chi connectivity index (χ4n) is 2.98. The summed E-state index contributed by atoms with van der Waals surface area (Å²) in [7, 11) is 1.96. The number of anilines is 1. The van der Waals surface area contributed by atoms with E-state index >= 15 is 0 Å². The normalized spacial score (nSPS) is 19.1. The summed E-state index contributed by atoms with van der Waals surface area (Å²) in [6.45, 7) is 2.59. The molecule has 3 N–H and O–H groups in total. The molecule has 0 bridgehead atoms. The highest BCUT2D eigenvalue weighted by molar-refractivity contribution is 7.21. The lowest BCUT2D eigenvalue weighted by Crippen LogP contribution is -2.42. The fraction of sp³-hybridized carbons (Fsp3) is 0.467. The Morgan fingerprint density at radius 2 is 2.48 bits per heavy atom. The molecule has 6 heteroatoms. The summed E-state index contributed by atoms with van der Waals surface area (Å²) in [4.78, 5) is 19.5. The molecule has 1 atom stereocenters. The first-order valence-electron chi connectivity index (χ1n) is 7.26. The number of hydrogen-bond donors (Lipinski definition) is 2. The van der Waals surface area contributed by atoms with Crippen molar-refractivity contribution in [2.75, 3.05) is 32.4 Å². The zero-order valence-corrected chi connectivity index (χ0v) is 12.9. The first kappa shape index (κ1) is 14.3. The van der Waals surface area contributed by atoms with Crippen molar-refractivity contribution < 1.29 is 4.79 Å². The van der Waals surface area contributed by atoms with Gasteiger partial charge in [0.15, 0.2) is 0 Å². The van der Waals surface area contributed by atoms with Gasteiger partial charge in [0.05, 0.1) is 10.4 Å². The van der Waals surface area contributed by atoms with E-state index in [4.69, 9.17) is 5.73 Å². The monoisotopic (exact) mass is 304 g/mol. The minimum atomic E-state index is 0.0644. The van der Waals surface area contributed by atoms with Crippen LogP contribution in [0.25, 0.3) is 10.1 Å². The van der Waals surface area contributed by atoms with Gasteiger partial charge in [-0.15, -0.1) is 11.3 Å². The molecule has 0 radical (unpaired) electrons. The van der Waals surface area contributed by atoms with Crippen LogP contribution >= 0.6 is 11.3 Å². The van der Waals surface area contributed by atoms with Crippen molar-refractivity contribution in [3.63, 3.8) is 0 Å². The number of pyridine rings is 1. The molecule has 1 aliphatic rings. The van der Waals surface area contributed by atoms with Gasteiger partial charge in [-0.05, 0) is 38.4 Å². The number of piperidine rings is 1. The third kappa shape index (κ3) is 2.73. The molecule has 2 aromatic rings. The summed E-state index contributed by atoms with van der Waals surface area (Å²) >= 11 is 1.45.